The first-order valence-corrected chi connectivity index (χ1v) is 8.39. The number of pyridine rings is 1. The van der Waals surface area contributed by atoms with Gasteiger partial charge in [0.1, 0.15) is 17.6 Å². The van der Waals surface area contributed by atoms with E-state index in [1.54, 1.807) is 36.3 Å². The Morgan fingerprint density at radius 1 is 1.19 bits per heavy atom. The number of halogens is 1. The molecule has 26 heavy (non-hydrogen) atoms. The Hall–Kier alpha value is -3.06. The number of aromatic nitrogens is 3. The number of amides is 1. The average Bonchev–Trinajstić information content (AvgIpc) is 3.08. The molecule has 1 aromatic carbocycles. The largest absolute Gasteiger partial charge is 0.357 e. The first-order chi connectivity index (χ1) is 12.7. The molecular weight excluding hydrogens is 333 g/mol. The van der Waals surface area contributed by atoms with E-state index in [0.717, 1.165) is 28.1 Å². The smallest absolute Gasteiger partial charge is 0.245 e. The van der Waals surface area contributed by atoms with Gasteiger partial charge in [0.25, 0.3) is 0 Å². The van der Waals surface area contributed by atoms with E-state index in [9.17, 15) is 9.18 Å². The van der Waals surface area contributed by atoms with Crippen LogP contribution in [0.25, 0.3) is 22.4 Å². The third-order valence-corrected chi connectivity index (χ3v) is 4.57. The van der Waals surface area contributed by atoms with Crippen LogP contribution in [0.1, 0.15) is 11.7 Å². The maximum Gasteiger partial charge on any atom is 0.245 e. The minimum Gasteiger partial charge on any atom is -0.357 e. The monoisotopic (exact) mass is 351 g/mol. The summed E-state index contributed by atoms with van der Waals surface area (Å²) in [5.74, 6) is -0.402. The lowest BCUT2D eigenvalue weighted by molar-refractivity contribution is -0.124. The Balaban J connectivity index is 1.94. The van der Waals surface area contributed by atoms with E-state index < -0.39 is 6.04 Å². The maximum atomic E-state index is 13.4. The van der Waals surface area contributed by atoms with E-state index in [4.69, 9.17) is 5.10 Å². The van der Waals surface area contributed by atoms with E-state index in [1.807, 2.05) is 12.1 Å². The molecule has 0 spiro atoms. The van der Waals surface area contributed by atoms with Crippen molar-refractivity contribution in [2.45, 2.75) is 12.6 Å². The molecule has 0 bridgehead atoms. The number of carbonyl (C=O) groups excluding carboxylic acids is 1. The molecule has 1 unspecified atom stereocenters. The Morgan fingerprint density at radius 2 is 1.92 bits per heavy atom. The van der Waals surface area contributed by atoms with E-state index in [2.05, 4.69) is 15.6 Å². The molecule has 132 valence electrons. The number of carbonyl (C=O) groups is 1. The van der Waals surface area contributed by atoms with Crippen LogP contribution in [0.3, 0.4) is 0 Å². The molecule has 1 amide bonds. The lowest BCUT2D eigenvalue weighted by atomic mass is 9.99. The molecule has 2 N–H and O–H groups in total. The van der Waals surface area contributed by atoms with Gasteiger partial charge in [-0.15, -0.1) is 0 Å². The van der Waals surface area contributed by atoms with Gasteiger partial charge in [-0.25, -0.2) is 4.39 Å². The summed E-state index contributed by atoms with van der Waals surface area (Å²) >= 11 is 0. The van der Waals surface area contributed by atoms with Gasteiger partial charge in [-0.05, 0) is 42.0 Å². The summed E-state index contributed by atoms with van der Waals surface area (Å²) in [5.41, 5.74) is 4.34. The third-order valence-electron chi connectivity index (χ3n) is 4.57. The number of likely N-dealkylation sites (N-methyl/N-ethyl adjacent to an activating group) is 1. The van der Waals surface area contributed by atoms with E-state index in [-0.39, 0.29) is 11.7 Å². The molecule has 4 rings (SSSR count). The van der Waals surface area contributed by atoms with Gasteiger partial charge in [-0.1, -0.05) is 0 Å². The molecular formula is C19H18FN5O. The van der Waals surface area contributed by atoms with Crippen LogP contribution >= 0.6 is 0 Å². The number of hydrogen-bond acceptors (Lipinski definition) is 4. The van der Waals surface area contributed by atoms with E-state index >= 15 is 0 Å². The summed E-state index contributed by atoms with van der Waals surface area (Å²) in [7, 11) is 1.62. The number of rotatable bonds is 3. The van der Waals surface area contributed by atoms with Crippen LogP contribution in [0.5, 0.6) is 0 Å². The fourth-order valence-electron chi connectivity index (χ4n) is 3.31. The van der Waals surface area contributed by atoms with Gasteiger partial charge in [0, 0.05) is 43.7 Å². The molecule has 3 heterocycles. The maximum absolute atomic E-state index is 13.4. The quantitative estimate of drug-likeness (QED) is 0.758. The molecule has 7 heteroatoms. The van der Waals surface area contributed by atoms with Gasteiger partial charge in [-0.3, -0.25) is 14.5 Å². The van der Waals surface area contributed by atoms with Crippen LogP contribution in [-0.4, -0.2) is 34.3 Å². The zero-order valence-electron chi connectivity index (χ0n) is 14.2. The van der Waals surface area contributed by atoms with Crippen molar-refractivity contribution in [2.24, 2.45) is 0 Å². The molecule has 1 aliphatic rings. The van der Waals surface area contributed by atoms with Crippen molar-refractivity contribution in [1.82, 2.24) is 25.4 Å². The Kier molecular flexibility index (Phi) is 4.22. The topological polar surface area (TPSA) is 71.8 Å². The summed E-state index contributed by atoms with van der Waals surface area (Å²) in [4.78, 5) is 16.4. The van der Waals surface area contributed by atoms with Gasteiger partial charge < -0.3 is 10.6 Å². The highest BCUT2D eigenvalue weighted by molar-refractivity contribution is 5.85. The van der Waals surface area contributed by atoms with Gasteiger partial charge in [0.15, 0.2) is 0 Å². The second kappa shape index (κ2) is 6.68. The van der Waals surface area contributed by atoms with Crippen LogP contribution in [0.4, 0.5) is 4.39 Å². The Bertz CT molecular complexity index is 937. The molecule has 0 saturated heterocycles. The minimum atomic E-state index is -0.432. The molecule has 0 aliphatic carbocycles. The summed E-state index contributed by atoms with van der Waals surface area (Å²) < 4.78 is 15.2. The second-order valence-corrected chi connectivity index (χ2v) is 6.12. The van der Waals surface area contributed by atoms with Crippen LogP contribution in [-0.2, 0) is 11.3 Å². The predicted octanol–water partition coefficient (Wildman–Crippen LogP) is 2.14. The summed E-state index contributed by atoms with van der Waals surface area (Å²) in [6, 6.07) is 9.63. The zero-order valence-corrected chi connectivity index (χ0v) is 14.2. The highest BCUT2D eigenvalue weighted by atomic mass is 19.1. The lowest BCUT2D eigenvalue weighted by Crippen LogP contribution is -2.42. The van der Waals surface area contributed by atoms with Crippen molar-refractivity contribution >= 4 is 5.91 Å². The van der Waals surface area contributed by atoms with Gasteiger partial charge in [0.2, 0.25) is 5.91 Å². The molecule has 0 fully saturated rings. The van der Waals surface area contributed by atoms with Crippen molar-refractivity contribution in [3.05, 3.63) is 60.3 Å². The molecule has 2 aromatic heterocycles. The number of fused-ring (bicyclic) bond motifs is 1. The predicted molar refractivity (Wildman–Crippen MR) is 95.7 cm³/mol. The van der Waals surface area contributed by atoms with Crippen LogP contribution in [0.15, 0.2) is 48.8 Å². The fraction of sp³-hybridized carbons (Fsp3) is 0.211. The highest BCUT2D eigenvalue weighted by Crippen LogP contribution is 2.36. The SMILES string of the molecule is CNC(=O)C1CNCc2c(-c3ccncc3)c(-c3ccc(F)cc3)nn21. The first kappa shape index (κ1) is 16.4. The standard InChI is InChI=1S/C19H18FN5O/c1-21-19(26)16-11-23-10-15-17(12-6-8-22-9-7-12)18(24-25(15)16)13-2-4-14(20)5-3-13/h2-9,16,23H,10-11H2,1H3,(H,21,26). The van der Waals surface area contributed by atoms with E-state index in [0.29, 0.717) is 13.1 Å². The number of nitrogens with zero attached hydrogens (tertiary/aromatic N) is 3. The summed E-state index contributed by atoms with van der Waals surface area (Å²) in [6.07, 6.45) is 3.45. The highest BCUT2D eigenvalue weighted by Gasteiger charge is 2.31. The zero-order chi connectivity index (χ0) is 18.1. The first-order valence-electron chi connectivity index (χ1n) is 8.39. The number of hydrogen-bond donors (Lipinski definition) is 2. The minimum absolute atomic E-state index is 0.104. The van der Waals surface area contributed by atoms with Crippen LogP contribution in [0.2, 0.25) is 0 Å². The third kappa shape index (κ3) is 2.76. The molecule has 0 saturated carbocycles. The number of nitrogens with one attached hydrogen (secondary N) is 2. The Labute approximate surface area is 150 Å². The van der Waals surface area contributed by atoms with Gasteiger partial charge in [-0.2, -0.15) is 5.10 Å². The van der Waals surface area contributed by atoms with Crippen molar-refractivity contribution in [2.75, 3.05) is 13.6 Å². The normalized spacial score (nSPS) is 16.2. The van der Waals surface area contributed by atoms with Crippen LogP contribution in [0, 0.1) is 5.82 Å². The van der Waals surface area contributed by atoms with Gasteiger partial charge in [0.05, 0.1) is 5.69 Å². The van der Waals surface area contributed by atoms with Crippen molar-refractivity contribution in [1.29, 1.82) is 0 Å². The second-order valence-electron chi connectivity index (χ2n) is 6.12. The van der Waals surface area contributed by atoms with Gasteiger partial charge >= 0.3 is 0 Å². The number of benzene rings is 1. The fourth-order valence-corrected chi connectivity index (χ4v) is 3.31. The van der Waals surface area contributed by atoms with Crippen molar-refractivity contribution in [3.63, 3.8) is 0 Å². The summed E-state index contributed by atoms with van der Waals surface area (Å²) in [5, 5.41) is 10.7. The van der Waals surface area contributed by atoms with E-state index in [1.165, 1.54) is 12.1 Å². The van der Waals surface area contributed by atoms with Crippen molar-refractivity contribution < 1.29 is 9.18 Å². The average molecular weight is 351 g/mol. The molecule has 0 radical (unpaired) electrons. The van der Waals surface area contributed by atoms with Crippen molar-refractivity contribution in [3.8, 4) is 22.4 Å². The molecule has 6 nitrogen and oxygen atoms in total. The summed E-state index contributed by atoms with van der Waals surface area (Å²) in [6.45, 7) is 1.10. The lowest BCUT2D eigenvalue weighted by Gasteiger charge is -2.24. The molecule has 3 aromatic rings. The molecule has 1 aliphatic heterocycles. The Morgan fingerprint density at radius 3 is 2.62 bits per heavy atom. The van der Waals surface area contributed by atoms with Crippen LogP contribution < -0.4 is 10.6 Å². The molecule has 1 atom stereocenters.